The molecule has 0 atom stereocenters. The molecule has 1 saturated heterocycles. The molecule has 0 N–H and O–H groups in total. The predicted molar refractivity (Wildman–Crippen MR) is 55.2 cm³/mol. The molecule has 0 unspecified atom stereocenters. The van der Waals surface area contributed by atoms with Gasteiger partial charge in [-0.25, -0.2) is 0 Å². The number of rotatable bonds is 4. The molecule has 0 spiro atoms. The monoisotopic (exact) mass is 200 g/mol. The lowest BCUT2D eigenvalue weighted by molar-refractivity contribution is -0.309. The summed E-state index contributed by atoms with van der Waals surface area (Å²) in [5.74, 6) is -0.476. The zero-order valence-electron chi connectivity index (χ0n) is 9.34. The van der Waals surface area contributed by atoms with Gasteiger partial charge in [0.05, 0.1) is 19.8 Å². The Morgan fingerprint density at radius 1 is 1.36 bits per heavy atom. The van der Waals surface area contributed by atoms with Gasteiger partial charge in [-0.1, -0.05) is 13.0 Å². The van der Waals surface area contributed by atoms with Crippen LogP contribution in [-0.2, 0) is 14.2 Å². The van der Waals surface area contributed by atoms with E-state index in [1.54, 1.807) is 6.08 Å². The van der Waals surface area contributed by atoms with Crippen LogP contribution < -0.4 is 0 Å². The third-order valence-corrected chi connectivity index (χ3v) is 2.52. The second kappa shape index (κ2) is 4.43. The quantitative estimate of drug-likeness (QED) is 0.651. The van der Waals surface area contributed by atoms with Crippen LogP contribution >= 0.6 is 0 Å². The largest absolute Gasteiger partial charge is 0.366 e. The second-order valence-electron chi connectivity index (χ2n) is 4.11. The summed E-state index contributed by atoms with van der Waals surface area (Å²) in [5.41, 5.74) is -0.288. The highest BCUT2D eigenvalue weighted by Gasteiger charge is 2.39. The summed E-state index contributed by atoms with van der Waals surface area (Å²) in [5, 5.41) is 0. The maximum atomic E-state index is 5.69. The van der Waals surface area contributed by atoms with Crippen LogP contribution in [0, 0.1) is 0 Å². The molecule has 0 saturated carbocycles. The first-order valence-electron chi connectivity index (χ1n) is 5.06. The van der Waals surface area contributed by atoms with Gasteiger partial charge in [0.25, 0.3) is 0 Å². The summed E-state index contributed by atoms with van der Waals surface area (Å²) in [6.45, 7) is 11.3. The van der Waals surface area contributed by atoms with Crippen LogP contribution in [0.2, 0.25) is 0 Å². The van der Waals surface area contributed by atoms with E-state index < -0.39 is 5.79 Å². The minimum absolute atomic E-state index is 0.288. The fourth-order valence-corrected chi connectivity index (χ4v) is 1.32. The predicted octanol–water partition coefficient (Wildman–Crippen LogP) is 2.12. The maximum Gasteiger partial charge on any atom is 0.163 e. The lowest BCUT2D eigenvalue weighted by Crippen LogP contribution is -2.52. The van der Waals surface area contributed by atoms with Gasteiger partial charge in [0.2, 0.25) is 0 Å². The van der Waals surface area contributed by atoms with Gasteiger partial charge >= 0.3 is 0 Å². The van der Waals surface area contributed by atoms with Crippen molar-refractivity contribution in [1.29, 1.82) is 0 Å². The summed E-state index contributed by atoms with van der Waals surface area (Å²) in [6, 6.07) is 0. The van der Waals surface area contributed by atoms with Crippen molar-refractivity contribution < 1.29 is 14.2 Å². The highest BCUT2D eigenvalue weighted by atomic mass is 16.7. The first kappa shape index (κ1) is 11.7. The van der Waals surface area contributed by atoms with Gasteiger partial charge in [0.15, 0.2) is 5.79 Å². The van der Waals surface area contributed by atoms with E-state index >= 15 is 0 Å². The van der Waals surface area contributed by atoms with Crippen molar-refractivity contribution >= 4 is 0 Å². The normalized spacial score (nSPS) is 24.5. The minimum atomic E-state index is -0.476. The summed E-state index contributed by atoms with van der Waals surface area (Å²) < 4.78 is 16.9. The van der Waals surface area contributed by atoms with Crippen LogP contribution in [0.25, 0.3) is 0 Å². The Balaban J connectivity index is 2.52. The van der Waals surface area contributed by atoms with Crippen molar-refractivity contribution in [2.45, 2.75) is 38.6 Å². The van der Waals surface area contributed by atoms with E-state index in [9.17, 15) is 0 Å². The Bertz CT molecular complexity index is 189. The Hall–Kier alpha value is -0.380. The lowest BCUT2D eigenvalue weighted by Gasteiger charge is -2.42. The highest BCUT2D eigenvalue weighted by molar-refractivity contribution is 4.85. The molecule has 3 heteroatoms. The molecule has 0 aromatic rings. The molecule has 0 radical (unpaired) electrons. The van der Waals surface area contributed by atoms with Crippen molar-refractivity contribution in [3.05, 3.63) is 12.7 Å². The fourth-order valence-electron chi connectivity index (χ4n) is 1.32. The van der Waals surface area contributed by atoms with E-state index in [0.717, 1.165) is 6.42 Å². The molecule has 1 rings (SSSR count). The molecule has 0 amide bonds. The number of hydrogen-bond donors (Lipinski definition) is 0. The third-order valence-electron chi connectivity index (χ3n) is 2.52. The van der Waals surface area contributed by atoms with E-state index in [0.29, 0.717) is 19.8 Å². The standard InChI is InChI=1S/C11H20O3/c1-5-7-12-11(6-2)8-13-10(3,4)14-9-11/h5H,1,6-9H2,2-4H3. The van der Waals surface area contributed by atoms with Gasteiger partial charge in [-0.05, 0) is 20.3 Å². The van der Waals surface area contributed by atoms with Gasteiger partial charge in [0.1, 0.15) is 5.60 Å². The molecule has 1 fully saturated rings. The van der Waals surface area contributed by atoms with Gasteiger partial charge in [-0.2, -0.15) is 0 Å². The highest BCUT2D eigenvalue weighted by Crippen LogP contribution is 2.28. The summed E-state index contributed by atoms with van der Waals surface area (Å²) in [6.07, 6.45) is 2.63. The molecule has 14 heavy (non-hydrogen) atoms. The Labute approximate surface area is 86.0 Å². The molecule has 0 bridgehead atoms. The van der Waals surface area contributed by atoms with E-state index in [-0.39, 0.29) is 5.60 Å². The van der Waals surface area contributed by atoms with Crippen molar-refractivity contribution in [3.63, 3.8) is 0 Å². The van der Waals surface area contributed by atoms with Gasteiger partial charge in [-0.3, -0.25) is 0 Å². The first-order chi connectivity index (χ1) is 6.54. The molecule has 1 heterocycles. The molecule has 82 valence electrons. The molecular formula is C11H20O3. The van der Waals surface area contributed by atoms with Gasteiger partial charge < -0.3 is 14.2 Å². The van der Waals surface area contributed by atoms with Crippen LogP contribution in [0.5, 0.6) is 0 Å². The smallest absolute Gasteiger partial charge is 0.163 e. The van der Waals surface area contributed by atoms with Crippen molar-refractivity contribution in [1.82, 2.24) is 0 Å². The fraction of sp³-hybridized carbons (Fsp3) is 0.818. The van der Waals surface area contributed by atoms with Gasteiger partial charge in [0, 0.05) is 0 Å². The number of ether oxygens (including phenoxy) is 3. The van der Waals surface area contributed by atoms with E-state index in [2.05, 4.69) is 13.5 Å². The summed E-state index contributed by atoms with van der Waals surface area (Å²) in [4.78, 5) is 0. The molecule has 0 aromatic heterocycles. The zero-order valence-corrected chi connectivity index (χ0v) is 9.34. The van der Waals surface area contributed by atoms with Crippen molar-refractivity contribution in [3.8, 4) is 0 Å². The van der Waals surface area contributed by atoms with Crippen LogP contribution in [0.4, 0.5) is 0 Å². The molecule has 1 aliphatic heterocycles. The van der Waals surface area contributed by atoms with Crippen LogP contribution in [-0.4, -0.2) is 31.2 Å². The Kier molecular flexibility index (Phi) is 3.70. The molecule has 0 aromatic carbocycles. The first-order valence-corrected chi connectivity index (χ1v) is 5.06. The SMILES string of the molecule is C=CCOC1(CC)COC(C)(C)OC1. The number of hydrogen-bond acceptors (Lipinski definition) is 3. The zero-order chi connectivity index (χ0) is 10.7. The third kappa shape index (κ3) is 2.80. The van der Waals surface area contributed by atoms with E-state index in [1.165, 1.54) is 0 Å². The molecule has 3 nitrogen and oxygen atoms in total. The van der Waals surface area contributed by atoms with Crippen LogP contribution in [0.15, 0.2) is 12.7 Å². The van der Waals surface area contributed by atoms with Crippen molar-refractivity contribution in [2.24, 2.45) is 0 Å². The van der Waals surface area contributed by atoms with Crippen molar-refractivity contribution in [2.75, 3.05) is 19.8 Å². The van der Waals surface area contributed by atoms with Gasteiger partial charge in [-0.15, -0.1) is 6.58 Å². The van der Waals surface area contributed by atoms with Crippen LogP contribution in [0.3, 0.4) is 0 Å². The summed E-state index contributed by atoms with van der Waals surface area (Å²) in [7, 11) is 0. The molecule has 0 aliphatic carbocycles. The second-order valence-corrected chi connectivity index (χ2v) is 4.11. The maximum absolute atomic E-state index is 5.69. The lowest BCUT2D eigenvalue weighted by atomic mass is 10.0. The van der Waals surface area contributed by atoms with Crippen LogP contribution in [0.1, 0.15) is 27.2 Å². The molecular weight excluding hydrogens is 180 g/mol. The molecule has 1 aliphatic rings. The summed E-state index contributed by atoms with van der Waals surface area (Å²) >= 11 is 0. The Morgan fingerprint density at radius 2 is 1.93 bits per heavy atom. The average Bonchev–Trinajstić information content (AvgIpc) is 2.18. The Morgan fingerprint density at radius 3 is 2.36 bits per heavy atom. The van der Waals surface area contributed by atoms with E-state index in [1.807, 2.05) is 13.8 Å². The average molecular weight is 200 g/mol. The topological polar surface area (TPSA) is 27.7 Å². The minimum Gasteiger partial charge on any atom is -0.366 e. The van der Waals surface area contributed by atoms with E-state index in [4.69, 9.17) is 14.2 Å².